The summed E-state index contributed by atoms with van der Waals surface area (Å²) in [6, 6.07) is 11.0. The van der Waals surface area contributed by atoms with Crippen molar-refractivity contribution in [1.82, 2.24) is 20.4 Å². The van der Waals surface area contributed by atoms with Crippen LogP contribution in [0.4, 0.5) is 5.69 Å². The minimum atomic E-state index is -0.172. The van der Waals surface area contributed by atoms with Crippen molar-refractivity contribution in [3.8, 4) is 10.6 Å². The molecular formula is C20H21N5O2S. The van der Waals surface area contributed by atoms with Gasteiger partial charge in [-0.2, -0.15) is 5.10 Å². The highest BCUT2D eigenvalue weighted by molar-refractivity contribution is 7.14. The van der Waals surface area contributed by atoms with Crippen molar-refractivity contribution in [2.24, 2.45) is 0 Å². The van der Waals surface area contributed by atoms with E-state index in [0.29, 0.717) is 11.8 Å². The van der Waals surface area contributed by atoms with Gasteiger partial charge in [0.1, 0.15) is 10.0 Å². The monoisotopic (exact) mass is 395 g/mol. The molecule has 1 saturated carbocycles. The molecule has 0 radical (unpaired) electrons. The lowest BCUT2D eigenvalue weighted by atomic mass is 9.80. The predicted molar refractivity (Wildman–Crippen MR) is 108 cm³/mol. The topological polar surface area (TPSA) is 101 Å². The number of nitrogens with zero attached hydrogens (tertiary/aromatic N) is 3. The number of aromatic amines is 1. The third-order valence-electron chi connectivity index (χ3n) is 5.04. The summed E-state index contributed by atoms with van der Waals surface area (Å²) in [5.74, 6) is 0.604. The first-order chi connectivity index (χ1) is 13.6. The van der Waals surface area contributed by atoms with Crippen LogP contribution in [0.1, 0.15) is 55.1 Å². The lowest BCUT2D eigenvalue weighted by Crippen LogP contribution is -2.16. The lowest BCUT2D eigenvalue weighted by Gasteiger charge is -2.26. The molecule has 1 aliphatic carbocycles. The van der Waals surface area contributed by atoms with Crippen LogP contribution in [-0.2, 0) is 4.79 Å². The molecule has 1 aromatic carbocycles. The molecule has 0 bridgehead atoms. The van der Waals surface area contributed by atoms with Crippen molar-refractivity contribution >= 4 is 22.9 Å². The predicted octanol–water partition coefficient (Wildman–Crippen LogP) is 3.69. The molecule has 144 valence electrons. The van der Waals surface area contributed by atoms with E-state index in [0.717, 1.165) is 52.6 Å². The van der Waals surface area contributed by atoms with E-state index in [1.165, 1.54) is 6.92 Å². The molecule has 1 fully saturated rings. The van der Waals surface area contributed by atoms with Crippen LogP contribution in [-0.4, -0.2) is 26.3 Å². The zero-order chi connectivity index (χ0) is 19.5. The molecule has 1 amide bonds. The Kier molecular flexibility index (Phi) is 5.29. The minimum absolute atomic E-state index is 0.0882. The fourth-order valence-corrected chi connectivity index (χ4v) is 4.68. The van der Waals surface area contributed by atoms with E-state index < -0.39 is 0 Å². The summed E-state index contributed by atoms with van der Waals surface area (Å²) in [6.07, 6.45) is 4.24. The first-order valence-corrected chi connectivity index (χ1v) is 10.2. The van der Waals surface area contributed by atoms with Crippen molar-refractivity contribution in [2.75, 3.05) is 5.32 Å². The summed E-state index contributed by atoms with van der Waals surface area (Å²) < 4.78 is 0. The van der Waals surface area contributed by atoms with Gasteiger partial charge in [0.15, 0.2) is 0 Å². The average Bonchev–Trinajstić information content (AvgIpc) is 3.19. The van der Waals surface area contributed by atoms with Crippen molar-refractivity contribution in [3.63, 3.8) is 0 Å². The smallest absolute Gasteiger partial charge is 0.264 e. The maximum absolute atomic E-state index is 11.2. The molecular weight excluding hydrogens is 374 g/mol. The Morgan fingerprint density at radius 2 is 1.89 bits per heavy atom. The number of anilines is 1. The summed E-state index contributed by atoms with van der Waals surface area (Å²) in [5, 5.41) is 20.3. The molecule has 2 atom stereocenters. The van der Waals surface area contributed by atoms with Gasteiger partial charge < -0.3 is 5.32 Å². The normalized spacial score (nSPS) is 19.3. The average molecular weight is 395 g/mol. The molecule has 2 heterocycles. The largest absolute Gasteiger partial charge is 0.326 e. The first-order valence-electron chi connectivity index (χ1n) is 9.35. The molecule has 8 heteroatoms. The van der Waals surface area contributed by atoms with E-state index in [2.05, 4.69) is 25.7 Å². The van der Waals surface area contributed by atoms with Gasteiger partial charge in [0.2, 0.25) is 5.91 Å². The SMILES string of the molecule is CC(=O)Nc1ccc(-c2nnc(C3CCCC(c4ccc(=O)[nH]n4)C3)s2)cc1. The summed E-state index contributed by atoms with van der Waals surface area (Å²) >= 11 is 1.62. The molecule has 0 aliphatic heterocycles. The van der Waals surface area contributed by atoms with Gasteiger partial charge in [0.25, 0.3) is 5.56 Å². The maximum atomic E-state index is 11.2. The van der Waals surface area contributed by atoms with Crippen LogP contribution in [0, 0.1) is 0 Å². The summed E-state index contributed by atoms with van der Waals surface area (Å²) in [6.45, 7) is 1.49. The highest BCUT2D eigenvalue weighted by atomic mass is 32.1. The molecule has 0 saturated heterocycles. The zero-order valence-electron chi connectivity index (χ0n) is 15.5. The highest BCUT2D eigenvalue weighted by Crippen LogP contribution is 2.42. The summed E-state index contributed by atoms with van der Waals surface area (Å²) in [7, 11) is 0. The van der Waals surface area contributed by atoms with Crippen LogP contribution in [0.15, 0.2) is 41.2 Å². The van der Waals surface area contributed by atoms with Gasteiger partial charge in [-0.15, -0.1) is 10.2 Å². The van der Waals surface area contributed by atoms with Crippen molar-refractivity contribution in [1.29, 1.82) is 0 Å². The zero-order valence-corrected chi connectivity index (χ0v) is 16.3. The van der Waals surface area contributed by atoms with Crippen LogP contribution in [0.25, 0.3) is 10.6 Å². The molecule has 7 nitrogen and oxygen atoms in total. The second kappa shape index (κ2) is 8.02. The van der Waals surface area contributed by atoms with Crippen LogP contribution in [0.5, 0.6) is 0 Å². The third kappa shape index (κ3) is 4.17. The molecule has 4 rings (SSSR count). The van der Waals surface area contributed by atoms with Gasteiger partial charge in [-0.25, -0.2) is 5.10 Å². The Morgan fingerprint density at radius 1 is 1.11 bits per heavy atom. The van der Waals surface area contributed by atoms with E-state index in [9.17, 15) is 9.59 Å². The number of H-pyrrole nitrogens is 1. The second-order valence-corrected chi connectivity index (χ2v) is 8.12. The number of hydrogen-bond acceptors (Lipinski definition) is 6. The Balaban J connectivity index is 1.48. The Morgan fingerprint density at radius 3 is 2.61 bits per heavy atom. The Labute approximate surface area is 166 Å². The van der Waals surface area contributed by atoms with Gasteiger partial charge >= 0.3 is 0 Å². The Hall–Kier alpha value is -2.87. The van der Waals surface area contributed by atoms with Crippen LogP contribution in [0.2, 0.25) is 0 Å². The van der Waals surface area contributed by atoms with Crippen molar-refractivity contribution in [2.45, 2.75) is 44.4 Å². The number of nitrogens with one attached hydrogen (secondary N) is 2. The standard InChI is InChI=1S/C20H21N5O2S/c1-12(26)21-16-7-5-13(6-8-16)19-24-25-20(28-19)15-4-2-3-14(11-15)17-9-10-18(27)23-22-17/h5-10,14-15H,2-4,11H2,1H3,(H,21,26)(H,23,27). The molecule has 2 N–H and O–H groups in total. The van der Waals surface area contributed by atoms with E-state index in [4.69, 9.17) is 0 Å². The summed E-state index contributed by atoms with van der Waals surface area (Å²) in [5.41, 5.74) is 2.54. The van der Waals surface area contributed by atoms with Crippen molar-refractivity contribution in [3.05, 3.63) is 57.5 Å². The number of rotatable bonds is 4. The fraction of sp³-hybridized carbons (Fsp3) is 0.350. The molecule has 2 aromatic heterocycles. The molecule has 3 aromatic rings. The maximum Gasteiger partial charge on any atom is 0.264 e. The van der Waals surface area contributed by atoms with Gasteiger partial charge in [0, 0.05) is 36.1 Å². The van der Waals surface area contributed by atoms with Gasteiger partial charge in [-0.1, -0.05) is 17.8 Å². The van der Waals surface area contributed by atoms with E-state index >= 15 is 0 Å². The number of carbonyl (C=O) groups is 1. The highest BCUT2D eigenvalue weighted by Gasteiger charge is 2.28. The quantitative estimate of drug-likeness (QED) is 0.702. The minimum Gasteiger partial charge on any atom is -0.326 e. The molecule has 1 aliphatic rings. The van der Waals surface area contributed by atoms with Gasteiger partial charge in [-0.3, -0.25) is 9.59 Å². The van der Waals surface area contributed by atoms with Gasteiger partial charge in [-0.05, 0) is 49.6 Å². The molecule has 0 spiro atoms. The van der Waals surface area contributed by atoms with Crippen LogP contribution < -0.4 is 10.9 Å². The number of carbonyl (C=O) groups excluding carboxylic acids is 1. The third-order valence-corrected chi connectivity index (χ3v) is 6.17. The van der Waals surface area contributed by atoms with Crippen LogP contribution >= 0.6 is 11.3 Å². The fourth-order valence-electron chi connectivity index (χ4n) is 3.68. The van der Waals surface area contributed by atoms with E-state index in [1.807, 2.05) is 30.3 Å². The number of hydrogen-bond donors (Lipinski definition) is 2. The molecule has 28 heavy (non-hydrogen) atoms. The van der Waals surface area contributed by atoms with E-state index in [1.54, 1.807) is 17.4 Å². The number of benzene rings is 1. The molecule has 2 unspecified atom stereocenters. The number of aromatic nitrogens is 4. The number of amides is 1. The Bertz CT molecular complexity index is 1010. The first kappa shape index (κ1) is 18.5. The second-order valence-electron chi connectivity index (χ2n) is 7.11. The van der Waals surface area contributed by atoms with Crippen molar-refractivity contribution < 1.29 is 4.79 Å². The lowest BCUT2D eigenvalue weighted by molar-refractivity contribution is -0.114. The van der Waals surface area contributed by atoms with Crippen LogP contribution in [0.3, 0.4) is 0 Å². The summed E-state index contributed by atoms with van der Waals surface area (Å²) in [4.78, 5) is 22.4. The van der Waals surface area contributed by atoms with E-state index in [-0.39, 0.29) is 11.5 Å². The van der Waals surface area contributed by atoms with Gasteiger partial charge in [0.05, 0.1) is 5.69 Å².